The van der Waals surface area contributed by atoms with Crippen LogP contribution in [0.3, 0.4) is 0 Å². The fraction of sp³-hybridized carbons (Fsp3) is 0.909. The molecular weight excluding hydrogens is 212 g/mol. The van der Waals surface area contributed by atoms with Crippen molar-refractivity contribution >= 4 is 18.3 Å². The largest absolute Gasteiger partial charge is 0.359 e. The van der Waals surface area contributed by atoms with E-state index in [1.54, 1.807) is 7.05 Å². The molecule has 1 amide bonds. The lowest BCUT2D eigenvalue weighted by Crippen LogP contribution is -2.37. The van der Waals surface area contributed by atoms with Gasteiger partial charge in [-0.25, -0.2) is 0 Å². The maximum atomic E-state index is 11.4. The highest BCUT2D eigenvalue weighted by molar-refractivity contribution is 5.85. The number of nitrogens with one attached hydrogen (secondary N) is 1. The number of carbonyl (C=O) groups excluding carboxylic acids is 1. The molecule has 86 valence electrons. The molecular formula is C11H19ClN2O. The van der Waals surface area contributed by atoms with Crippen molar-refractivity contribution in [2.75, 3.05) is 20.1 Å². The number of carbonyl (C=O) groups is 1. The summed E-state index contributed by atoms with van der Waals surface area (Å²) in [5.41, 5.74) is 0.515. The summed E-state index contributed by atoms with van der Waals surface area (Å²) in [6, 6.07) is 0. The number of hydrogen-bond donors (Lipinski definition) is 1. The van der Waals surface area contributed by atoms with Crippen molar-refractivity contribution in [1.29, 1.82) is 0 Å². The summed E-state index contributed by atoms with van der Waals surface area (Å²) in [6.45, 7) is 4.69. The first-order chi connectivity index (χ1) is 6.65. The monoisotopic (exact) mass is 230 g/mol. The van der Waals surface area contributed by atoms with Crippen LogP contribution in [0, 0.1) is 17.8 Å². The van der Waals surface area contributed by atoms with E-state index < -0.39 is 0 Å². The predicted molar refractivity (Wildman–Crippen MR) is 61.0 cm³/mol. The standard InChI is InChI=1S/C11H18N2O.ClH/c1-11(3-4-11)13-5-7-8(6-13)9(7)10(14)12-2;/h7-9H,3-6H2,1-2H3,(H,12,14);1H. The van der Waals surface area contributed by atoms with Gasteiger partial charge in [-0.2, -0.15) is 0 Å². The molecule has 0 aromatic carbocycles. The second-order valence-corrected chi connectivity index (χ2v) is 5.37. The van der Waals surface area contributed by atoms with Gasteiger partial charge in [0.05, 0.1) is 0 Å². The Hall–Kier alpha value is -0.280. The van der Waals surface area contributed by atoms with Crippen LogP contribution in [0.1, 0.15) is 19.8 Å². The second-order valence-electron chi connectivity index (χ2n) is 5.37. The third-order valence-electron chi connectivity index (χ3n) is 4.48. The topological polar surface area (TPSA) is 32.3 Å². The molecule has 3 fully saturated rings. The maximum Gasteiger partial charge on any atom is 0.223 e. The highest BCUT2D eigenvalue weighted by Gasteiger charge is 2.62. The van der Waals surface area contributed by atoms with Gasteiger partial charge >= 0.3 is 0 Å². The number of rotatable bonds is 2. The highest BCUT2D eigenvalue weighted by Crippen LogP contribution is 2.56. The Labute approximate surface area is 97.0 Å². The van der Waals surface area contributed by atoms with Gasteiger partial charge in [0.2, 0.25) is 5.91 Å². The van der Waals surface area contributed by atoms with Gasteiger partial charge in [0.1, 0.15) is 0 Å². The van der Waals surface area contributed by atoms with Crippen molar-refractivity contribution in [3.8, 4) is 0 Å². The van der Waals surface area contributed by atoms with Crippen LogP contribution in [0.4, 0.5) is 0 Å². The van der Waals surface area contributed by atoms with Gasteiger partial charge < -0.3 is 5.32 Å². The number of piperidine rings is 1. The molecule has 1 aliphatic heterocycles. The molecule has 3 aliphatic rings. The molecule has 2 aliphatic carbocycles. The van der Waals surface area contributed by atoms with E-state index >= 15 is 0 Å². The fourth-order valence-electron chi connectivity index (χ4n) is 3.02. The van der Waals surface area contributed by atoms with E-state index in [0.717, 1.165) is 0 Å². The second kappa shape index (κ2) is 3.36. The van der Waals surface area contributed by atoms with Crippen LogP contribution in [0.5, 0.6) is 0 Å². The summed E-state index contributed by atoms with van der Waals surface area (Å²) in [7, 11) is 1.75. The molecule has 3 rings (SSSR count). The minimum Gasteiger partial charge on any atom is -0.359 e. The quantitative estimate of drug-likeness (QED) is 0.764. The molecule has 15 heavy (non-hydrogen) atoms. The van der Waals surface area contributed by atoms with E-state index in [4.69, 9.17) is 0 Å². The normalized spacial score (nSPS) is 40.3. The molecule has 3 nitrogen and oxygen atoms in total. The van der Waals surface area contributed by atoms with E-state index in [2.05, 4.69) is 17.1 Å². The lowest BCUT2D eigenvalue weighted by molar-refractivity contribution is -0.122. The minimum atomic E-state index is 0. The number of fused-ring (bicyclic) bond motifs is 1. The van der Waals surface area contributed by atoms with E-state index in [0.29, 0.717) is 23.3 Å². The van der Waals surface area contributed by atoms with Gasteiger partial charge in [0, 0.05) is 31.6 Å². The molecule has 0 aromatic heterocycles. The molecule has 4 heteroatoms. The van der Waals surface area contributed by atoms with Crippen LogP contribution < -0.4 is 5.32 Å². The summed E-state index contributed by atoms with van der Waals surface area (Å²) < 4.78 is 0. The maximum absolute atomic E-state index is 11.4. The number of amides is 1. The molecule has 0 aromatic rings. The van der Waals surface area contributed by atoms with Crippen LogP contribution >= 0.6 is 12.4 Å². The lowest BCUT2D eigenvalue weighted by Gasteiger charge is -2.26. The van der Waals surface area contributed by atoms with E-state index in [1.165, 1.54) is 25.9 Å². The van der Waals surface area contributed by atoms with Crippen LogP contribution in [-0.4, -0.2) is 36.5 Å². The van der Waals surface area contributed by atoms with Crippen molar-refractivity contribution in [1.82, 2.24) is 10.2 Å². The number of halogens is 1. The third kappa shape index (κ3) is 1.56. The molecule has 1 heterocycles. The summed E-state index contributed by atoms with van der Waals surface area (Å²) >= 11 is 0. The molecule has 0 spiro atoms. The third-order valence-corrected chi connectivity index (χ3v) is 4.48. The Bertz CT molecular complexity index is 278. The van der Waals surface area contributed by atoms with Gasteiger partial charge in [-0.3, -0.25) is 9.69 Å². The Balaban J connectivity index is 0.000000853. The van der Waals surface area contributed by atoms with Gasteiger partial charge in [-0.1, -0.05) is 0 Å². The first-order valence-electron chi connectivity index (χ1n) is 5.62. The highest BCUT2D eigenvalue weighted by atomic mass is 35.5. The Morgan fingerprint density at radius 1 is 1.33 bits per heavy atom. The SMILES string of the molecule is CNC(=O)C1C2CN(C3(C)CC3)CC21.Cl. The van der Waals surface area contributed by atoms with E-state index in [-0.39, 0.29) is 18.3 Å². The van der Waals surface area contributed by atoms with Crippen LogP contribution in [0.2, 0.25) is 0 Å². The van der Waals surface area contributed by atoms with Gasteiger partial charge in [0.15, 0.2) is 0 Å². The molecule has 0 bridgehead atoms. The smallest absolute Gasteiger partial charge is 0.223 e. The molecule has 2 unspecified atom stereocenters. The van der Waals surface area contributed by atoms with Crippen molar-refractivity contribution in [3.63, 3.8) is 0 Å². The van der Waals surface area contributed by atoms with E-state index in [9.17, 15) is 4.79 Å². The summed E-state index contributed by atoms with van der Waals surface area (Å²) in [6.07, 6.45) is 2.72. The first kappa shape index (κ1) is 11.2. The molecule has 2 saturated carbocycles. The van der Waals surface area contributed by atoms with Crippen molar-refractivity contribution < 1.29 is 4.79 Å². The zero-order chi connectivity index (χ0) is 9.92. The first-order valence-corrected chi connectivity index (χ1v) is 5.62. The van der Waals surface area contributed by atoms with E-state index in [1.807, 2.05) is 0 Å². The lowest BCUT2D eigenvalue weighted by atomic mass is 10.2. The average Bonchev–Trinajstić information content (AvgIpc) is 3.04. The van der Waals surface area contributed by atoms with Crippen molar-refractivity contribution in [2.45, 2.75) is 25.3 Å². The molecule has 1 N–H and O–H groups in total. The molecule has 1 saturated heterocycles. The zero-order valence-electron chi connectivity index (χ0n) is 9.32. The number of hydrogen-bond acceptors (Lipinski definition) is 2. The van der Waals surface area contributed by atoms with Crippen LogP contribution in [-0.2, 0) is 4.79 Å². The fourth-order valence-corrected chi connectivity index (χ4v) is 3.02. The van der Waals surface area contributed by atoms with Gasteiger partial charge in [0.25, 0.3) is 0 Å². The van der Waals surface area contributed by atoms with Crippen molar-refractivity contribution in [3.05, 3.63) is 0 Å². The van der Waals surface area contributed by atoms with Crippen LogP contribution in [0.25, 0.3) is 0 Å². The summed E-state index contributed by atoms with van der Waals surface area (Å²) in [5, 5.41) is 2.77. The Kier molecular flexibility index (Phi) is 2.51. The van der Waals surface area contributed by atoms with Crippen molar-refractivity contribution in [2.24, 2.45) is 17.8 Å². The minimum absolute atomic E-state index is 0. The predicted octanol–water partition coefficient (Wildman–Crippen LogP) is 0.884. The molecule has 0 radical (unpaired) electrons. The Morgan fingerprint density at radius 3 is 2.27 bits per heavy atom. The summed E-state index contributed by atoms with van der Waals surface area (Å²) in [4.78, 5) is 14.0. The molecule has 2 atom stereocenters. The van der Waals surface area contributed by atoms with Gasteiger partial charge in [-0.05, 0) is 31.6 Å². The summed E-state index contributed by atoms with van der Waals surface area (Å²) in [5.74, 6) is 1.96. The number of likely N-dealkylation sites (tertiary alicyclic amines) is 1. The average molecular weight is 231 g/mol. The number of nitrogens with zero attached hydrogens (tertiary/aromatic N) is 1. The van der Waals surface area contributed by atoms with Gasteiger partial charge in [-0.15, -0.1) is 12.4 Å². The van der Waals surface area contributed by atoms with Crippen LogP contribution in [0.15, 0.2) is 0 Å². The Morgan fingerprint density at radius 2 is 1.87 bits per heavy atom. The zero-order valence-corrected chi connectivity index (χ0v) is 10.1.